The summed E-state index contributed by atoms with van der Waals surface area (Å²) in [5.41, 5.74) is 4.21. The summed E-state index contributed by atoms with van der Waals surface area (Å²) in [5.74, 6) is -0.562. The number of non-ortho nitro benzene ring substituents is 2. The Labute approximate surface area is 315 Å². The number of rotatable bonds is 17. The maximum atomic E-state index is 11.1. The van der Waals surface area contributed by atoms with Gasteiger partial charge in [-0.1, -0.05) is 34.6 Å². The number of nitrogens with zero attached hydrogens (tertiary/aromatic N) is 4. The summed E-state index contributed by atoms with van der Waals surface area (Å²) >= 11 is 0. The molecule has 3 N–H and O–H groups in total. The van der Waals surface area contributed by atoms with Gasteiger partial charge in [0, 0.05) is 35.4 Å². The summed E-state index contributed by atoms with van der Waals surface area (Å²) < 4.78 is 10.4. The summed E-state index contributed by atoms with van der Waals surface area (Å²) in [7, 11) is 0. The number of carboxylic acids is 1. The first kappa shape index (κ1) is 44.9. The van der Waals surface area contributed by atoms with Gasteiger partial charge in [0.15, 0.2) is 12.4 Å². The van der Waals surface area contributed by atoms with E-state index in [1.807, 2.05) is 6.07 Å². The number of benzene rings is 4. The normalized spacial score (nSPS) is 10.6. The number of carboxylic acid groups (broad SMARTS) is 1. The molecule has 0 radical (unpaired) electrons. The molecule has 4 rings (SSSR count). The molecule has 0 aliphatic heterocycles. The molecule has 53 heavy (non-hydrogen) atoms. The average molecular weight is 727 g/mol. The number of hydrogen-bond acceptors (Lipinski definition) is 14. The van der Waals surface area contributed by atoms with Gasteiger partial charge in [-0.05, 0) is 73.5 Å². The Bertz CT molecular complexity index is 1870. The Kier molecular flexibility index (Phi) is 19.8. The van der Waals surface area contributed by atoms with E-state index in [2.05, 4.69) is 10.3 Å². The molecule has 0 unspecified atom stereocenters. The fourth-order valence-electron chi connectivity index (χ4n) is 3.92. The average Bonchev–Trinajstić information content (AvgIpc) is 3.13. The van der Waals surface area contributed by atoms with Gasteiger partial charge in [0.2, 0.25) is 0 Å². The van der Waals surface area contributed by atoms with E-state index >= 15 is 0 Å². The van der Waals surface area contributed by atoms with Crippen molar-refractivity contribution in [2.75, 3.05) is 19.8 Å². The third-order valence-electron chi connectivity index (χ3n) is 6.60. The summed E-state index contributed by atoms with van der Waals surface area (Å²) in [4.78, 5) is 52.4. The predicted octanol–water partition coefficient (Wildman–Crippen LogP) is 2.30. The van der Waals surface area contributed by atoms with E-state index in [1.54, 1.807) is 80.6 Å². The van der Waals surface area contributed by atoms with Gasteiger partial charge in [-0.25, -0.2) is 4.79 Å². The van der Waals surface area contributed by atoms with Crippen LogP contribution >= 0.6 is 0 Å². The number of carbonyl (C=O) groups excluding carboxylic acids is 1. The smallest absolute Gasteiger partial charge is 0.870 e. The number of nitro benzene ring substituents is 2. The largest absolute Gasteiger partial charge is 1.00 e. The first-order chi connectivity index (χ1) is 24.4. The van der Waals surface area contributed by atoms with Crippen LogP contribution in [0.15, 0.2) is 107 Å². The second kappa shape index (κ2) is 23.4. The van der Waals surface area contributed by atoms with Crippen molar-refractivity contribution in [1.82, 2.24) is 0 Å². The third-order valence-corrected chi connectivity index (χ3v) is 6.60. The SMILES string of the molecule is C/C(=N\OCc1ccc([N+](=O)[O-])cc1)c1cccc(OCC(=O)CO)c1.C/C(=N\OCc1ccc([N+](=O)[O-])cc1)c1cccc(OCC(=O)O)c1.[Li+].[OH-]. The monoisotopic (exact) mass is 726 g/mol. The molecule has 17 nitrogen and oxygen atoms in total. The van der Waals surface area contributed by atoms with Gasteiger partial charge in [0.1, 0.15) is 37.9 Å². The Hall–Kier alpha value is -6.12. The number of aliphatic hydroxyl groups is 1. The third kappa shape index (κ3) is 16.2. The van der Waals surface area contributed by atoms with Crippen LogP contribution < -0.4 is 28.3 Å². The van der Waals surface area contributed by atoms with Crippen LogP contribution in [0.3, 0.4) is 0 Å². The molecule has 274 valence electrons. The van der Waals surface area contributed by atoms with E-state index in [9.17, 15) is 29.8 Å². The van der Waals surface area contributed by atoms with Crippen LogP contribution in [-0.4, -0.2) is 68.5 Å². The standard InChI is InChI=1S/C18H18N2O6.C17H16N2O6.Li.H2O/c1-13(15-3-2-4-18(9-15)25-12-17(22)10-21)19-26-11-14-5-7-16(8-6-14)20(23)24;1-12(14-3-2-4-16(9-14)24-11-17(20)21)18-25-10-13-5-7-15(8-6-13)19(22)23;;/h2-9,21H,10-12H2,1H3;2-9H,10-11H2,1H3,(H,20,21);;1H2/q;;+1;/p-1/b19-13+;18-12+;;. The van der Waals surface area contributed by atoms with Crippen molar-refractivity contribution in [2.45, 2.75) is 27.1 Å². The molecule has 0 aromatic heterocycles. The van der Waals surface area contributed by atoms with Gasteiger partial charge in [0.05, 0.1) is 21.3 Å². The zero-order valence-electron chi connectivity index (χ0n) is 29.0. The Balaban J connectivity index is 0.000000511. The first-order valence-corrected chi connectivity index (χ1v) is 15.1. The van der Waals surface area contributed by atoms with Crippen molar-refractivity contribution < 1.29 is 73.1 Å². The van der Waals surface area contributed by atoms with Gasteiger partial charge in [-0.15, -0.1) is 0 Å². The summed E-state index contributed by atoms with van der Waals surface area (Å²) in [6.07, 6.45) is 0. The van der Waals surface area contributed by atoms with Crippen LogP contribution in [0.2, 0.25) is 0 Å². The zero-order valence-corrected chi connectivity index (χ0v) is 29.0. The topological polar surface area (TPSA) is 253 Å². The minimum absolute atomic E-state index is 0. The van der Waals surface area contributed by atoms with E-state index in [4.69, 9.17) is 29.4 Å². The van der Waals surface area contributed by atoms with Crippen LogP contribution in [0.25, 0.3) is 0 Å². The van der Waals surface area contributed by atoms with Gasteiger partial charge in [0.25, 0.3) is 11.4 Å². The van der Waals surface area contributed by atoms with E-state index in [-0.39, 0.29) is 55.5 Å². The number of nitro groups is 2. The van der Waals surface area contributed by atoms with Gasteiger partial charge >= 0.3 is 24.8 Å². The molecule has 0 aliphatic carbocycles. The van der Waals surface area contributed by atoms with E-state index < -0.39 is 34.8 Å². The number of aliphatic carboxylic acids is 1. The molecule has 0 fully saturated rings. The summed E-state index contributed by atoms with van der Waals surface area (Å²) in [5, 5.41) is 46.5. The fourth-order valence-corrected chi connectivity index (χ4v) is 3.92. The number of oxime groups is 2. The molecule has 0 spiro atoms. The molecule has 0 heterocycles. The maximum Gasteiger partial charge on any atom is 1.00 e. The van der Waals surface area contributed by atoms with Crippen molar-refractivity contribution in [3.8, 4) is 11.5 Å². The van der Waals surface area contributed by atoms with Crippen molar-refractivity contribution in [3.05, 3.63) is 140 Å². The van der Waals surface area contributed by atoms with Gasteiger partial charge in [-0.3, -0.25) is 25.0 Å². The number of hydrogen-bond donors (Lipinski definition) is 2. The minimum atomic E-state index is -1.05. The quantitative estimate of drug-likeness (QED) is 0.0686. The maximum absolute atomic E-state index is 11.1. The number of aliphatic hydroxyl groups excluding tert-OH is 1. The second-order valence-electron chi connectivity index (χ2n) is 10.5. The van der Waals surface area contributed by atoms with Gasteiger partial charge in [-0.2, -0.15) is 0 Å². The molecule has 0 saturated heterocycles. The Morgan fingerprint density at radius 2 is 1.08 bits per heavy atom. The molecule has 0 atom stereocenters. The van der Waals surface area contributed by atoms with E-state index in [0.717, 1.165) is 22.3 Å². The van der Waals surface area contributed by atoms with Crippen LogP contribution in [0.4, 0.5) is 11.4 Å². The molecule has 4 aromatic carbocycles. The molecule has 18 heteroatoms. The number of ether oxygens (including phenoxy) is 2. The minimum Gasteiger partial charge on any atom is -0.870 e. The first-order valence-electron chi connectivity index (χ1n) is 15.1. The van der Waals surface area contributed by atoms with Crippen LogP contribution in [0.5, 0.6) is 11.5 Å². The summed E-state index contributed by atoms with van der Waals surface area (Å²) in [6, 6.07) is 25.8. The van der Waals surface area contributed by atoms with Crippen molar-refractivity contribution in [3.63, 3.8) is 0 Å². The van der Waals surface area contributed by atoms with E-state index in [1.165, 1.54) is 24.3 Å². The molecule has 4 aromatic rings. The molecular formula is C35H35LiN4O13. The van der Waals surface area contributed by atoms with Crippen LogP contribution in [0.1, 0.15) is 36.1 Å². The van der Waals surface area contributed by atoms with Gasteiger partial charge < -0.3 is 34.8 Å². The van der Waals surface area contributed by atoms with Crippen molar-refractivity contribution in [1.29, 1.82) is 0 Å². The number of ketones is 1. The Morgan fingerprint density at radius 3 is 1.43 bits per heavy atom. The Morgan fingerprint density at radius 1 is 0.679 bits per heavy atom. The predicted molar refractivity (Wildman–Crippen MR) is 186 cm³/mol. The number of Topliss-reactive ketones (excluding diaryl/α,β-unsaturated/α-hetero) is 1. The molecule has 0 saturated carbocycles. The fraction of sp³-hybridized carbons (Fsp3) is 0.200. The van der Waals surface area contributed by atoms with E-state index in [0.29, 0.717) is 22.9 Å². The number of carbonyl (C=O) groups is 2. The molecule has 0 bridgehead atoms. The van der Waals surface area contributed by atoms with Crippen LogP contribution in [-0.2, 0) is 32.5 Å². The van der Waals surface area contributed by atoms with Crippen LogP contribution in [0, 0.1) is 20.2 Å². The second-order valence-corrected chi connectivity index (χ2v) is 10.5. The molecule has 0 aliphatic rings. The molecular weight excluding hydrogens is 691 g/mol. The summed E-state index contributed by atoms with van der Waals surface area (Å²) in [6.45, 7) is 2.67. The van der Waals surface area contributed by atoms with Crippen molar-refractivity contribution in [2.24, 2.45) is 10.3 Å². The van der Waals surface area contributed by atoms with Crippen molar-refractivity contribution >= 4 is 34.6 Å². The zero-order chi connectivity index (χ0) is 37.2. The molecule has 0 amide bonds.